The van der Waals surface area contributed by atoms with E-state index in [4.69, 9.17) is 11.6 Å². The van der Waals surface area contributed by atoms with Gasteiger partial charge in [0.2, 0.25) is 0 Å². The van der Waals surface area contributed by atoms with E-state index in [0.29, 0.717) is 0 Å². The van der Waals surface area contributed by atoms with Crippen LogP contribution in [-0.2, 0) is 0 Å². The Labute approximate surface area is 100 Å². The number of allylic oxidation sites excluding steroid dienone is 1. The summed E-state index contributed by atoms with van der Waals surface area (Å²) in [4.78, 5) is 5.17. The van der Waals surface area contributed by atoms with E-state index in [-0.39, 0.29) is 0 Å². The highest BCUT2D eigenvalue weighted by Gasteiger charge is 2.06. The molecule has 2 nitrogen and oxygen atoms in total. The number of rotatable bonds is 4. The first kappa shape index (κ1) is 12.4. The first-order valence-electron chi connectivity index (χ1n) is 4.88. The molecule has 15 heavy (non-hydrogen) atoms. The number of nitrogens with one attached hydrogen (secondary N) is 1. The molecule has 0 atom stereocenters. The van der Waals surface area contributed by atoms with Gasteiger partial charge in [0.25, 0.3) is 0 Å². The Hall–Kier alpha value is -0.670. The molecular formula is C11H15ClN2S. The average molecular weight is 243 g/mol. The molecule has 0 spiro atoms. The third kappa shape index (κ3) is 3.43. The molecule has 0 fully saturated rings. The Morgan fingerprint density at radius 3 is 3.00 bits per heavy atom. The van der Waals surface area contributed by atoms with Gasteiger partial charge in [-0.3, -0.25) is 4.98 Å². The van der Waals surface area contributed by atoms with Crippen molar-refractivity contribution in [2.45, 2.75) is 25.7 Å². The van der Waals surface area contributed by atoms with Crippen LogP contribution in [0.4, 0.5) is 0 Å². The van der Waals surface area contributed by atoms with Gasteiger partial charge in [-0.1, -0.05) is 29.4 Å². The van der Waals surface area contributed by atoms with Gasteiger partial charge >= 0.3 is 0 Å². The molecule has 82 valence electrons. The number of pyridine rings is 1. The van der Waals surface area contributed by atoms with E-state index >= 15 is 0 Å². The van der Waals surface area contributed by atoms with Gasteiger partial charge in [0.05, 0.1) is 15.7 Å². The number of hydrogen-bond donors (Lipinski definition) is 1. The molecule has 1 heterocycles. The van der Waals surface area contributed by atoms with E-state index in [0.717, 1.165) is 27.2 Å². The van der Waals surface area contributed by atoms with Gasteiger partial charge in [-0.2, -0.15) is 0 Å². The van der Waals surface area contributed by atoms with Crippen molar-refractivity contribution < 1.29 is 0 Å². The Bertz CT molecular complexity index is 364. The first-order valence-corrected chi connectivity index (χ1v) is 6.07. The summed E-state index contributed by atoms with van der Waals surface area (Å²) in [5.41, 5.74) is 0.869. The minimum Gasteiger partial charge on any atom is -0.380 e. The van der Waals surface area contributed by atoms with Crippen molar-refractivity contribution >= 4 is 23.4 Å². The molecule has 0 aliphatic carbocycles. The molecule has 1 aromatic rings. The van der Waals surface area contributed by atoms with Gasteiger partial charge < -0.3 is 5.32 Å². The van der Waals surface area contributed by atoms with E-state index < -0.39 is 0 Å². The molecule has 1 aromatic heterocycles. The summed E-state index contributed by atoms with van der Waals surface area (Å²) in [6.45, 7) is 6.90. The number of nitrogens with zero attached hydrogens (tertiary/aromatic N) is 1. The molecule has 1 rings (SSSR count). The largest absolute Gasteiger partial charge is 0.380 e. The van der Waals surface area contributed by atoms with Gasteiger partial charge in [-0.05, 0) is 26.8 Å². The predicted molar refractivity (Wildman–Crippen MR) is 67.3 cm³/mol. The Balaban J connectivity index is 2.84. The van der Waals surface area contributed by atoms with Crippen molar-refractivity contribution in [1.82, 2.24) is 10.3 Å². The number of aryl methyl sites for hydroxylation is 1. The molecule has 0 aliphatic rings. The standard InChI is InChI=1S/C11H15ClN2S/c1-4-10(13-5-2)15-9-6-7-14-8(3)11(9)12/h4,6-7,13H,5H2,1-3H3/b10-4+. The number of hydrogen-bond acceptors (Lipinski definition) is 3. The van der Waals surface area contributed by atoms with Crippen LogP contribution in [0, 0.1) is 6.92 Å². The smallest absolute Gasteiger partial charge is 0.0758 e. The molecule has 4 heteroatoms. The van der Waals surface area contributed by atoms with E-state index in [1.165, 1.54) is 0 Å². The zero-order valence-corrected chi connectivity index (χ0v) is 10.7. The number of thioether (sulfide) groups is 1. The minimum atomic E-state index is 0.736. The maximum Gasteiger partial charge on any atom is 0.0758 e. The lowest BCUT2D eigenvalue weighted by Crippen LogP contribution is -2.09. The fourth-order valence-electron chi connectivity index (χ4n) is 1.09. The lowest BCUT2D eigenvalue weighted by atomic mass is 10.4. The second-order valence-corrected chi connectivity index (χ2v) is 4.46. The predicted octanol–water partition coefficient (Wildman–Crippen LogP) is 3.61. The van der Waals surface area contributed by atoms with Crippen molar-refractivity contribution in [2.24, 2.45) is 0 Å². The van der Waals surface area contributed by atoms with Crippen LogP contribution in [0.15, 0.2) is 28.3 Å². The van der Waals surface area contributed by atoms with Crippen LogP contribution in [0.25, 0.3) is 0 Å². The van der Waals surface area contributed by atoms with E-state index in [9.17, 15) is 0 Å². The fraction of sp³-hybridized carbons (Fsp3) is 0.364. The van der Waals surface area contributed by atoms with Gasteiger partial charge in [0.15, 0.2) is 0 Å². The third-order valence-electron chi connectivity index (χ3n) is 1.86. The Morgan fingerprint density at radius 2 is 2.40 bits per heavy atom. The van der Waals surface area contributed by atoms with Crippen LogP contribution in [0.5, 0.6) is 0 Å². The zero-order valence-electron chi connectivity index (χ0n) is 9.17. The van der Waals surface area contributed by atoms with Crippen LogP contribution in [0.3, 0.4) is 0 Å². The van der Waals surface area contributed by atoms with Crippen molar-refractivity contribution in [2.75, 3.05) is 6.54 Å². The fourth-order valence-corrected chi connectivity index (χ4v) is 2.26. The maximum atomic E-state index is 6.16. The second-order valence-electron chi connectivity index (χ2n) is 2.99. The number of halogens is 1. The summed E-state index contributed by atoms with van der Waals surface area (Å²) in [6.07, 6.45) is 3.82. The Morgan fingerprint density at radius 1 is 1.67 bits per heavy atom. The normalized spacial score (nSPS) is 11.6. The third-order valence-corrected chi connectivity index (χ3v) is 3.61. The summed E-state index contributed by atoms with van der Waals surface area (Å²) >= 11 is 7.79. The highest BCUT2D eigenvalue weighted by atomic mass is 35.5. The molecule has 1 N–H and O–H groups in total. The number of aromatic nitrogens is 1. The summed E-state index contributed by atoms with van der Waals surface area (Å²) in [5.74, 6) is 0. The minimum absolute atomic E-state index is 0.736. The second kappa shape index (κ2) is 6.03. The quantitative estimate of drug-likeness (QED) is 0.817. The van der Waals surface area contributed by atoms with E-state index in [1.54, 1.807) is 18.0 Å². The van der Waals surface area contributed by atoms with Crippen LogP contribution in [0.1, 0.15) is 19.5 Å². The van der Waals surface area contributed by atoms with Crippen molar-refractivity contribution in [3.63, 3.8) is 0 Å². The maximum absolute atomic E-state index is 6.16. The first-order chi connectivity index (χ1) is 7.19. The zero-order chi connectivity index (χ0) is 11.3. The van der Waals surface area contributed by atoms with E-state index in [1.807, 2.05) is 26.0 Å². The molecule has 0 saturated carbocycles. The highest BCUT2D eigenvalue weighted by Crippen LogP contribution is 2.32. The lowest BCUT2D eigenvalue weighted by Gasteiger charge is -2.09. The van der Waals surface area contributed by atoms with Gasteiger partial charge in [0, 0.05) is 17.6 Å². The summed E-state index contributed by atoms with van der Waals surface area (Å²) < 4.78 is 0. The van der Waals surface area contributed by atoms with E-state index in [2.05, 4.69) is 17.2 Å². The summed E-state index contributed by atoms with van der Waals surface area (Å²) in [7, 11) is 0. The molecule has 0 unspecified atom stereocenters. The van der Waals surface area contributed by atoms with Crippen molar-refractivity contribution in [3.8, 4) is 0 Å². The molecule has 0 aliphatic heterocycles. The SMILES string of the molecule is C/C=C(\NCC)Sc1ccnc(C)c1Cl. The molecule has 0 saturated heterocycles. The molecule has 0 bridgehead atoms. The molecular weight excluding hydrogens is 228 g/mol. The monoisotopic (exact) mass is 242 g/mol. The summed E-state index contributed by atoms with van der Waals surface area (Å²) in [5, 5.41) is 5.12. The van der Waals surface area contributed by atoms with Gasteiger partial charge in [0.1, 0.15) is 0 Å². The molecule has 0 amide bonds. The Kier molecular flexibility index (Phi) is 4.99. The molecule has 0 radical (unpaired) electrons. The summed E-state index contributed by atoms with van der Waals surface area (Å²) in [6, 6.07) is 1.93. The van der Waals surface area contributed by atoms with Crippen LogP contribution >= 0.6 is 23.4 Å². The molecule has 0 aromatic carbocycles. The van der Waals surface area contributed by atoms with Gasteiger partial charge in [-0.25, -0.2) is 0 Å². The van der Waals surface area contributed by atoms with Crippen molar-refractivity contribution in [1.29, 1.82) is 0 Å². The van der Waals surface area contributed by atoms with Crippen LogP contribution < -0.4 is 5.32 Å². The lowest BCUT2D eigenvalue weighted by molar-refractivity contribution is 0.902. The highest BCUT2D eigenvalue weighted by molar-refractivity contribution is 8.03. The van der Waals surface area contributed by atoms with Crippen LogP contribution in [-0.4, -0.2) is 11.5 Å². The van der Waals surface area contributed by atoms with Crippen LogP contribution in [0.2, 0.25) is 5.02 Å². The van der Waals surface area contributed by atoms with Crippen molar-refractivity contribution in [3.05, 3.63) is 34.1 Å². The average Bonchev–Trinajstić information content (AvgIpc) is 2.24. The topological polar surface area (TPSA) is 24.9 Å². The van der Waals surface area contributed by atoms with Gasteiger partial charge in [-0.15, -0.1) is 0 Å².